The number of amides is 1. The van der Waals surface area contributed by atoms with Crippen molar-refractivity contribution in [1.82, 2.24) is 5.32 Å². The van der Waals surface area contributed by atoms with E-state index in [-0.39, 0.29) is 33.0 Å². The molecule has 0 bridgehead atoms. The smallest absolute Gasteiger partial charge is 0.226 e. The molecule has 0 unspecified atom stereocenters. The van der Waals surface area contributed by atoms with Crippen molar-refractivity contribution in [3.8, 4) is 0 Å². The maximum atomic E-state index is 14.0. The normalized spacial score (nSPS) is 41.6. The zero-order valence-electron chi connectivity index (χ0n) is 29.3. The molecule has 5 aliphatic carbocycles. The molecular formula is C40H60N2O3. The van der Waals surface area contributed by atoms with Crippen LogP contribution >= 0.6 is 0 Å². The molecule has 248 valence electrons. The summed E-state index contributed by atoms with van der Waals surface area (Å²) in [6.45, 7) is 21.3. The quantitative estimate of drug-likeness (QED) is 0.175. The van der Waals surface area contributed by atoms with Crippen LogP contribution in [-0.2, 0) is 21.2 Å². The van der Waals surface area contributed by atoms with Gasteiger partial charge in [0.25, 0.3) is 0 Å². The molecule has 1 aromatic carbocycles. The fourth-order valence-corrected chi connectivity index (χ4v) is 12.9. The predicted molar refractivity (Wildman–Crippen MR) is 183 cm³/mol. The molecule has 1 aromatic rings. The van der Waals surface area contributed by atoms with Gasteiger partial charge in [-0.15, -0.1) is 0 Å². The van der Waals surface area contributed by atoms with Crippen LogP contribution in [0.2, 0.25) is 0 Å². The van der Waals surface area contributed by atoms with Crippen LogP contribution in [0, 0.1) is 56.7 Å². The number of carbonyl (C=O) groups excluding carboxylic acids is 1. The first-order chi connectivity index (χ1) is 21.3. The van der Waals surface area contributed by atoms with E-state index in [1.807, 2.05) is 0 Å². The Morgan fingerprint density at radius 2 is 1.69 bits per heavy atom. The largest absolute Gasteiger partial charge is 0.354 e. The van der Waals surface area contributed by atoms with Gasteiger partial charge in [0.1, 0.15) is 6.61 Å². The molecule has 3 N–H and O–H groups in total. The molecule has 45 heavy (non-hydrogen) atoms. The zero-order valence-corrected chi connectivity index (χ0v) is 29.3. The molecule has 6 rings (SSSR count). The fourth-order valence-electron chi connectivity index (χ4n) is 12.9. The summed E-state index contributed by atoms with van der Waals surface area (Å²) in [6, 6.07) is 8.92. The number of rotatable bonds is 8. The molecule has 4 saturated carbocycles. The van der Waals surface area contributed by atoms with E-state index in [4.69, 9.17) is 15.5 Å². The Kier molecular flexibility index (Phi) is 8.52. The minimum atomic E-state index is -0.261. The molecule has 0 aromatic heterocycles. The highest BCUT2D eigenvalue weighted by Crippen LogP contribution is 2.77. The molecule has 9 atom stereocenters. The van der Waals surface area contributed by atoms with Crippen molar-refractivity contribution < 1.29 is 14.6 Å². The molecule has 5 heteroatoms. The van der Waals surface area contributed by atoms with Gasteiger partial charge in [0, 0.05) is 13.1 Å². The Hall–Kier alpha value is -1.95. The van der Waals surface area contributed by atoms with Crippen LogP contribution in [0.1, 0.15) is 110 Å². The van der Waals surface area contributed by atoms with Crippen molar-refractivity contribution in [1.29, 1.82) is 0 Å². The number of nitrogens with one attached hydrogen (secondary N) is 1. The van der Waals surface area contributed by atoms with E-state index in [2.05, 4.69) is 83.8 Å². The second-order valence-electron chi connectivity index (χ2n) is 17.1. The molecule has 0 aliphatic heterocycles. The Balaban J connectivity index is 1.32. The number of carbonyl (C=O) groups is 1. The molecule has 4 fully saturated rings. The highest BCUT2D eigenvalue weighted by molar-refractivity contribution is 5.84. The van der Waals surface area contributed by atoms with Crippen LogP contribution in [0.3, 0.4) is 0 Å². The highest BCUT2D eigenvalue weighted by atomic mass is 17.2. The van der Waals surface area contributed by atoms with Gasteiger partial charge < -0.3 is 11.1 Å². The zero-order chi connectivity index (χ0) is 32.4. The Morgan fingerprint density at radius 3 is 2.36 bits per heavy atom. The Morgan fingerprint density at radius 1 is 0.956 bits per heavy atom. The minimum absolute atomic E-state index is 0.0932. The molecule has 5 nitrogen and oxygen atoms in total. The highest BCUT2D eigenvalue weighted by Gasteiger charge is 2.71. The third-order valence-electron chi connectivity index (χ3n) is 15.1. The summed E-state index contributed by atoms with van der Waals surface area (Å²) in [5, 5.41) is 3.27. The first-order valence-corrected chi connectivity index (χ1v) is 17.9. The van der Waals surface area contributed by atoms with E-state index in [9.17, 15) is 4.79 Å². The van der Waals surface area contributed by atoms with E-state index in [0.29, 0.717) is 49.3 Å². The third kappa shape index (κ3) is 4.76. The summed E-state index contributed by atoms with van der Waals surface area (Å²) < 4.78 is 0. The van der Waals surface area contributed by atoms with Crippen molar-refractivity contribution in [3.63, 3.8) is 0 Å². The second kappa shape index (κ2) is 11.6. The van der Waals surface area contributed by atoms with Crippen LogP contribution < -0.4 is 11.1 Å². The van der Waals surface area contributed by atoms with Crippen LogP contribution in [0.25, 0.3) is 5.57 Å². The molecule has 0 radical (unpaired) electrons. The van der Waals surface area contributed by atoms with Gasteiger partial charge in [0.05, 0.1) is 12.5 Å². The topological polar surface area (TPSA) is 73.6 Å². The average Bonchev–Trinajstić information content (AvgIpc) is 3.41. The first kappa shape index (κ1) is 33.0. The monoisotopic (exact) mass is 616 g/mol. The lowest BCUT2D eigenvalue weighted by Gasteiger charge is -2.72. The lowest BCUT2D eigenvalue weighted by atomic mass is 9.32. The number of nitrogens with two attached hydrogens (primary N) is 1. The maximum Gasteiger partial charge on any atom is 0.226 e. The van der Waals surface area contributed by atoms with E-state index in [1.165, 1.54) is 42.4 Å². The summed E-state index contributed by atoms with van der Waals surface area (Å²) in [6.07, 6.45) is 13.1. The van der Waals surface area contributed by atoms with Gasteiger partial charge in [-0.1, -0.05) is 77.1 Å². The Labute approximate surface area is 273 Å². The van der Waals surface area contributed by atoms with Crippen LogP contribution in [0.5, 0.6) is 0 Å². The average molecular weight is 617 g/mol. The summed E-state index contributed by atoms with van der Waals surface area (Å²) in [4.78, 5) is 24.0. The summed E-state index contributed by atoms with van der Waals surface area (Å²) in [5.41, 5.74) is 11.7. The SMILES string of the molecule is C=C(C)[C@@H]1CC[C@]2(C(=O)NCCN)CC[C@]3(C)[C@H](CC[C@@H]4[C@@]5(C)CC=C(c6ccc(COOC)cc6)C(C)(C)[C@@H]5CC[C@]43C)[C@@H]12. The second-order valence-corrected chi connectivity index (χ2v) is 17.1. The standard InChI is InChI=1S/C40H60N2O3/c1-26(2)29-15-20-40(35(43)42-24-23-41)22-21-38(6)31(34(29)40)13-14-33-37(5)18-16-30(28-11-9-27(10-12-28)25-45-44-8)36(3,4)32(37)17-19-39(33,38)7/h9-12,16,29,31-34H,1,13-15,17-25,41H2,2-8H3,(H,42,43)/t29-,31+,32-,33+,34+,37-,38+,39+,40-/m0/s1. The van der Waals surface area contributed by atoms with Gasteiger partial charge in [-0.2, -0.15) is 0 Å². The van der Waals surface area contributed by atoms with Gasteiger partial charge in [0.2, 0.25) is 5.91 Å². The summed E-state index contributed by atoms with van der Waals surface area (Å²) >= 11 is 0. The van der Waals surface area contributed by atoms with E-state index in [0.717, 1.165) is 37.7 Å². The number of hydrogen-bond donors (Lipinski definition) is 2. The van der Waals surface area contributed by atoms with Crippen molar-refractivity contribution in [3.05, 3.63) is 53.6 Å². The van der Waals surface area contributed by atoms with Crippen molar-refractivity contribution in [2.45, 2.75) is 106 Å². The molecular weight excluding hydrogens is 556 g/mol. The molecule has 5 aliphatic rings. The molecule has 0 heterocycles. The van der Waals surface area contributed by atoms with E-state index >= 15 is 0 Å². The summed E-state index contributed by atoms with van der Waals surface area (Å²) in [7, 11) is 1.56. The van der Waals surface area contributed by atoms with Crippen LogP contribution in [0.4, 0.5) is 0 Å². The number of benzene rings is 1. The summed E-state index contributed by atoms with van der Waals surface area (Å²) in [5.74, 6) is 2.98. The molecule has 0 spiro atoms. The number of allylic oxidation sites excluding steroid dienone is 3. The minimum Gasteiger partial charge on any atom is -0.354 e. The number of fused-ring (bicyclic) bond motifs is 7. The van der Waals surface area contributed by atoms with Crippen molar-refractivity contribution in [2.24, 2.45) is 62.4 Å². The fraction of sp³-hybridized carbons (Fsp3) is 0.725. The lowest BCUT2D eigenvalue weighted by molar-refractivity contribution is -0.282. The van der Waals surface area contributed by atoms with Crippen molar-refractivity contribution >= 4 is 11.5 Å². The maximum absolute atomic E-state index is 14.0. The first-order valence-electron chi connectivity index (χ1n) is 17.9. The third-order valence-corrected chi connectivity index (χ3v) is 15.1. The lowest BCUT2D eigenvalue weighted by Crippen LogP contribution is -2.66. The van der Waals surface area contributed by atoms with E-state index in [1.54, 1.807) is 7.11 Å². The van der Waals surface area contributed by atoms with Gasteiger partial charge in [-0.3, -0.25) is 4.79 Å². The molecule has 1 amide bonds. The van der Waals surface area contributed by atoms with Gasteiger partial charge in [-0.05, 0) is 133 Å². The molecule has 0 saturated heterocycles. The van der Waals surface area contributed by atoms with Crippen molar-refractivity contribution in [2.75, 3.05) is 20.2 Å². The van der Waals surface area contributed by atoms with Gasteiger partial charge in [0.15, 0.2) is 0 Å². The van der Waals surface area contributed by atoms with Gasteiger partial charge in [-0.25, -0.2) is 9.78 Å². The number of hydrogen-bond acceptors (Lipinski definition) is 4. The predicted octanol–water partition coefficient (Wildman–Crippen LogP) is 8.49. The van der Waals surface area contributed by atoms with Crippen LogP contribution in [-0.4, -0.2) is 26.1 Å². The van der Waals surface area contributed by atoms with Crippen LogP contribution in [0.15, 0.2) is 42.5 Å². The van der Waals surface area contributed by atoms with E-state index < -0.39 is 0 Å². The van der Waals surface area contributed by atoms with Gasteiger partial charge >= 0.3 is 0 Å². The Bertz CT molecular complexity index is 1330.